The van der Waals surface area contributed by atoms with Gasteiger partial charge in [0.1, 0.15) is 0 Å². The van der Waals surface area contributed by atoms with Crippen LogP contribution in [0, 0.1) is 0 Å². The summed E-state index contributed by atoms with van der Waals surface area (Å²) in [6.07, 6.45) is 3.07. The summed E-state index contributed by atoms with van der Waals surface area (Å²) in [6.45, 7) is 0. The average molecular weight is 333 g/mol. The molecule has 0 aliphatic carbocycles. The normalized spacial score (nSPS) is 10.6. The molecule has 0 spiro atoms. The lowest BCUT2D eigenvalue weighted by Crippen LogP contribution is -2.08. The van der Waals surface area contributed by atoms with E-state index in [1.165, 1.54) is 6.08 Å². The standard InChI is InChI=1S/C17H17ClN2O3/c1-22-15-7-3-11(9-16(15)23-2)4-8-17(21)20-14-10-12(19)5-6-13(14)18/h3-10H,19H2,1-2H3,(H,20,21)/b8-4+. The molecule has 2 aromatic carbocycles. The second-order valence-corrected chi connectivity index (χ2v) is 5.08. The lowest BCUT2D eigenvalue weighted by Gasteiger charge is -2.08. The highest BCUT2D eigenvalue weighted by Gasteiger charge is 2.05. The van der Waals surface area contributed by atoms with E-state index in [4.69, 9.17) is 26.8 Å². The van der Waals surface area contributed by atoms with Crippen molar-refractivity contribution in [1.29, 1.82) is 0 Å². The minimum absolute atomic E-state index is 0.313. The maximum absolute atomic E-state index is 12.0. The van der Waals surface area contributed by atoms with E-state index >= 15 is 0 Å². The molecule has 0 aliphatic heterocycles. The van der Waals surface area contributed by atoms with Crippen molar-refractivity contribution < 1.29 is 14.3 Å². The van der Waals surface area contributed by atoms with Gasteiger partial charge < -0.3 is 20.5 Å². The Balaban J connectivity index is 2.10. The molecule has 0 radical (unpaired) electrons. The fraction of sp³-hybridized carbons (Fsp3) is 0.118. The summed E-state index contributed by atoms with van der Waals surface area (Å²) in [5.41, 5.74) is 7.46. The third-order valence-electron chi connectivity index (χ3n) is 3.08. The summed E-state index contributed by atoms with van der Waals surface area (Å²) >= 11 is 6.01. The van der Waals surface area contributed by atoms with Crippen LogP contribution in [0.5, 0.6) is 11.5 Å². The Kier molecular flexibility index (Phi) is 5.49. The molecule has 0 unspecified atom stereocenters. The molecular formula is C17H17ClN2O3. The van der Waals surface area contributed by atoms with Crippen molar-refractivity contribution in [2.75, 3.05) is 25.3 Å². The van der Waals surface area contributed by atoms with Gasteiger partial charge in [-0.15, -0.1) is 0 Å². The second kappa shape index (κ2) is 7.56. The minimum atomic E-state index is -0.313. The first-order valence-corrected chi connectivity index (χ1v) is 7.17. The maximum Gasteiger partial charge on any atom is 0.248 e. The van der Waals surface area contributed by atoms with Crippen LogP contribution in [-0.4, -0.2) is 20.1 Å². The summed E-state index contributed by atoms with van der Waals surface area (Å²) in [4.78, 5) is 12.0. The quantitative estimate of drug-likeness (QED) is 0.648. The molecule has 3 N–H and O–H groups in total. The van der Waals surface area contributed by atoms with Crippen molar-refractivity contribution in [3.05, 3.63) is 53.1 Å². The number of hydrogen-bond donors (Lipinski definition) is 2. The summed E-state index contributed by atoms with van der Waals surface area (Å²) < 4.78 is 10.4. The number of carbonyl (C=O) groups is 1. The van der Waals surface area contributed by atoms with Gasteiger partial charge in [-0.1, -0.05) is 17.7 Å². The lowest BCUT2D eigenvalue weighted by molar-refractivity contribution is -0.111. The average Bonchev–Trinajstić information content (AvgIpc) is 2.56. The molecule has 2 rings (SSSR count). The first kappa shape index (κ1) is 16.7. The zero-order valence-electron chi connectivity index (χ0n) is 12.8. The molecule has 0 aliphatic rings. The Morgan fingerprint density at radius 3 is 2.57 bits per heavy atom. The molecule has 1 amide bonds. The van der Waals surface area contributed by atoms with Crippen molar-refractivity contribution in [2.45, 2.75) is 0 Å². The Morgan fingerprint density at radius 1 is 1.13 bits per heavy atom. The molecular weight excluding hydrogens is 316 g/mol. The van der Waals surface area contributed by atoms with Gasteiger partial charge in [0.15, 0.2) is 11.5 Å². The van der Waals surface area contributed by atoms with Crippen LogP contribution in [0.4, 0.5) is 11.4 Å². The van der Waals surface area contributed by atoms with Gasteiger partial charge in [0.05, 0.1) is 24.9 Å². The molecule has 23 heavy (non-hydrogen) atoms. The van der Waals surface area contributed by atoms with Crippen LogP contribution in [-0.2, 0) is 4.79 Å². The topological polar surface area (TPSA) is 73.6 Å². The summed E-state index contributed by atoms with van der Waals surface area (Å²) in [7, 11) is 3.12. The van der Waals surface area contributed by atoms with Gasteiger partial charge in [-0.25, -0.2) is 0 Å². The number of anilines is 2. The molecule has 5 nitrogen and oxygen atoms in total. The number of amides is 1. The number of ether oxygens (including phenoxy) is 2. The number of nitrogens with one attached hydrogen (secondary N) is 1. The smallest absolute Gasteiger partial charge is 0.248 e. The molecule has 0 atom stereocenters. The molecule has 6 heteroatoms. The van der Waals surface area contributed by atoms with Crippen molar-refractivity contribution >= 4 is 35.0 Å². The number of halogens is 1. The van der Waals surface area contributed by atoms with Gasteiger partial charge in [-0.3, -0.25) is 4.79 Å². The molecule has 2 aromatic rings. The highest BCUT2D eigenvalue weighted by Crippen LogP contribution is 2.28. The molecule has 0 saturated carbocycles. The van der Waals surface area contributed by atoms with Crippen molar-refractivity contribution in [2.24, 2.45) is 0 Å². The van der Waals surface area contributed by atoms with Crippen LogP contribution in [0.1, 0.15) is 5.56 Å². The summed E-state index contributed by atoms with van der Waals surface area (Å²) in [5, 5.41) is 3.10. The predicted octanol–water partition coefficient (Wildman–Crippen LogP) is 3.59. The van der Waals surface area contributed by atoms with Crippen LogP contribution in [0.25, 0.3) is 6.08 Å². The monoisotopic (exact) mass is 332 g/mol. The number of carbonyl (C=O) groups excluding carboxylic acids is 1. The van der Waals surface area contributed by atoms with Crippen LogP contribution < -0.4 is 20.5 Å². The van der Waals surface area contributed by atoms with E-state index in [-0.39, 0.29) is 5.91 Å². The number of nitrogen functional groups attached to an aromatic ring is 1. The van der Waals surface area contributed by atoms with Crippen molar-refractivity contribution in [1.82, 2.24) is 0 Å². The summed E-state index contributed by atoms with van der Waals surface area (Å²) in [6, 6.07) is 10.3. The van der Waals surface area contributed by atoms with Crippen LogP contribution in [0.3, 0.4) is 0 Å². The van der Waals surface area contributed by atoms with E-state index in [2.05, 4.69) is 5.32 Å². The SMILES string of the molecule is COc1ccc(/C=C/C(=O)Nc2cc(N)ccc2Cl)cc1OC. The van der Waals surface area contributed by atoms with Crippen molar-refractivity contribution in [3.8, 4) is 11.5 Å². The molecule has 120 valence electrons. The third kappa shape index (κ3) is 4.40. The van der Waals surface area contributed by atoms with Crippen LogP contribution in [0.15, 0.2) is 42.5 Å². The fourth-order valence-corrected chi connectivity index (χ4v) is 2.11. The van der Waals surface area contributed by atoms with Crippen molar-refractivity contribution in [3.63, 3.8) is 0 Å². The van der Waals surface area contributed by atoms with Crippen LogP contribution >= 0.6 is 11.6 Å². The Morgan fingerprint density at radius 2 is 1.87 bits per heavy atom. The fourth-order valence-electron chi connectivity index (χ4n) is 1.94. The number of nitrogens with two attached hydrogens (primary N) is 1. The summed E-state index contributed by atoms with van der Waals surface area (Å²) in [5.74, 6) is 0.905. The lowest BCUT2D eigenvalue weighted by atomic mass is 10.2. The maximum atomic E-state index is 12.0. The number of methoxy groups -OCH3 is 2. The zero-order chi connectivity index (χ0) is 16.8. The predicted molar refractivity (Wildman–Crippen MR) is 93.1 cm³/mol. The Hall–Kier alpha value is -2.66. The van der Waals surface area contributed by atoms with E-state index in [0.717, 1.165) is 5.56 Å². The number of rotatable bonds is 5. The zero-order valence-corrected chi connectivity index (χ0v) is 13.6. The van der Waals surface area contributed by atoms with Gasteiger partial charge in [0, 0.05) is 11.8 Å². The first-order chi connectivity index (χ1) is 11.0. The number of hydrogen-bond acceptors (Lipinski definition) is 4. The van der Waals surface area contributed by atoms with E-state index in [9.17, 15) is 4.79 Å². The first-order valence-electron chi connectivity index (χ1n) is 6.79. The Labute approximate surface area is 139 Å². The van der Waals surface area contributed by atoms with Gasteiger partial charge in [-0.2, -0.15) is 0 Å². The van der Waals surface area contributed by atoms with E-state index < -0.39 is 0 Å². The Bertz CT molecular complexity index is 745. The molecule has 0 aromatic heterocycles. The highest BCUT2D eigenvalue weighted by molar-refractivity contribution is 6.34. The van der Waals surface area contributed by atoms with E-state index in [1.807, 2.05) is 6.07 Å². The third-order valence-corrected chi connectivity index (χ3v) is 3.41. The number of benzene rings is 2. The van der Waals surface area contributed by atoms with Crippen LogP contribution in [0.2, 0.25) is 5.02 Å². The largest absolute Gasteiger partial charge is 0.493 e. The molecule has 0 bridgehead atoms. The van der Waals surface area contributed by atoms with Gasteiger partial charge in [0.2, 0.25) is 5.91 Å². The minimum Gasteiger partial charge on any atom is -0.493 e. The molecule has 0 fully saturated rings. The van der Waals surface area contributed by atoms with Gasteiger partial charge in [0.25, 0.3) is 0 Å². The van der Waals surface area contributed by atoms with Gasteiger partial charge >= 0.3 is 0 Å². The second-order valence-electron chi connectivity index (χ2n) is 4.68. The van der Waals surface area contributed by atoms with E-state index in [1.54, 1.807) is 50.6 Å². The molecule has 0 saturated heterocycles. The van der Waals surface area contributed by atoms with E-state index in [0.29, 0.717) is 27.9 Å². The van der Waals surface area contributed by atoms with Gasteiger partial charge in [-0.05, 0) is 42.0 Å². The molecule has 0 heterocycles. The highest BCUT2D eigenvalue weighted by atomic mass is 35.5.